The Kier molecular flexibility index (Phi) is 11.3. The summed E-state index contributed by atoms with van der Waals surface area (Å²) in [4.78, 5) is 70.3. The van der Waals surface area contributed by atoms with Gasteiger partial charge in [0.15, 0.2) is 0 Å². The van der Waals surface area contributed by atoms with Gasteiger partial charge in [-0.25, -0.2) is 28.3 Å². The van der Waals surface area contributed by atoms with Gasteiger partial charge >= 0.3 is 12.2 Å². The Balaban J connectivity index is 1.07. The number of methoxy groups -OCH3 is 2. The molecule has 4 N–H and O–H groups in total. The van der Waals surface area contributed by atoms with Crippen LogP contribution in [-0.4, -0.2) is 99.1 Å². The van der Waals surface area contributed by atoms with Crippen molar-refractivity contribution in [3.63, 3.8) is 0 Å². The molecule has 0 radical (unpaired) electrons. The van der Waals surface area contributed by atoms with Gasteiger partial charge in [-0.15, -0.1) is 0 Å². The standard InChI is InChI=1S/C42H50F2N8O6/c1-22(2)33(49-40(55)57-5)38(53)51-17-7-8-31(51)36-45-20-30(47-36)25-11-9-24(10-12-25)26-13-15-28-27(18-26)14-16-29-35(28)48-37(46-29)32-19-42(43,44)21-52(32)39(54)34(23(3)4)50-41(56)58-6/h9-13,15,18,20,22-23,31-34H,7-8,14,16-17,19,21H2,1-6H3,(H,45,47)(H,46,48)(H,49,55)(H,50,56)/t31-,32-,33-,34-/m0/s1. The molecule has 2 aliphatic heterocycles. The fraction of sp³-hybridized carbons (Fsp3) is 0.476. The van der Waals surface area contributed by atoms with Crippen molar-refractivity contribution in [2.24, 2.45) is 11.8 Å². The smallest absolute Gasteiger partial charge is 0.407 e. The number of aryl methyl sites for hydroxylation is 2. The molecule has 4 atom stereocenters. The van der Waals surface area contributed by atoms with Crippen LogP contribution in [0.5, 0.6) is 0 Å². The Morgan fingerprint density at radius 2 is 1.43 bits per heavy atom. The van der Waals surface area contributed by atoms with Gasteiger partial charge < -0.3 is 39.9 Å². The van der Waals surface area contributed by atoms with Crippen LogP contribution in [0, 0.1) is 11.8 Å². The summed E-state index contributed by atoms with van der Waals surface area (Å²) in [6, 6.07) is 11.3. The van der Waals surface area contributed by atoms with Gasteiger partial charge in [-0.3, -0.25) is 9.59 Å². The van der Waals surface area contributed by atoms with Crippen LogP contribution in [0.3, 0.4) is 0 Å². The molecule has 4 amide bonds. The molecule has 4 aromatic rings. The molecule has 2 saturated heterocycles. The van der Waals surface area contributed by atoms with Gasteiger partial charge in [-0.1, -0.05) is 70.2 Å². The van der Waals surface area contributed by atoms with Crippen LogP contribution in [0.15, 0.2) is 48.7 Å². The first kappa shape index (κ1) is 40.4. The van der Waals surface area contributed by atoms with Crippen molar-refractivity contribution in [3.8, 4) is 33.6 Å². The maximum atomic E-state index is 14.9. The monoisotopic (exact) mass is 800 g/mol. The highest BCUT2D eigenvalue weighted by molar-refractivity contribution is 5.87. The highest BCUT2D eigenvalue weighted by Gasteiger charge is 2.50. The fourth-order valence-electron chi connectivity index (χ4n) is 8.32. The van der Waals surface area contributed by atoms with Crippen LogP contribution in [-0.2, 0) is 31.9 Å². The fourth-order valence-corrected chi connectivity index (χ4v) is 8.32. The van der Waals surface area contributed by atoms with Crippen molar-refractivity contribution in [2.75, 3.05) is 27.3 Å². The Bertz CT molecular complexity index is 2180. The molecule has 14 nitrogen and oxygen atoms in total. The SMILES string of the molecule is COC(=O)N[C@H](C(=O)N1CCC[C@H]1c1ncc(-c2ccc(-c3ccc4c(c3)CCc3[nH]c([C@@H]5CC(F)(F)CN5C(=O)[C@@H](NC(=O)OC)C(C)C)nc3-4)cc2)[nH]1)C(C)C. The number of hydrogen-bond donors (Lipinski definition) is 4. The summed E-state index contributed by atoms with van der Waals surface area (Å²) in [7, 11) is 2.46. The van der Waals surface area contributed by atoms with Gasteiger partial charge in [0.05, 0.1) is 50.4 Å². The largest absolute Gasteiger partial charge is 0.453 e. The Morgan fingerprint density at radius 1 is 0.810 bits per heavy atom. The Labute approximate surface area is 335 Å². The molecule has 308 valence electrons. The van der Waals surface area contributed by atoms with Gasteiger partial charge in [0.25, 0.3) is 5.92 Å². The molecule has 4 heterocycles. The molecule has 16 heteroatoms. The summed E-state index contributed by atoms with van der Waals surface area (Å²) in [6.07, 6.45) is 2.66. The summed E-state index contributed by atoms with van der Waals surface area (Å²) in [5, 5.41) is 5.19. The summed E-state index contributed by atoms with van der Waals surface area (Å²) in [6.45, 7) is 7.03. The zero-order chi connectivity index (χ0) is 41.5. The first-order chi connectivity index (χ1) is 27.7. The summed E-state index contributed by atoms with van der Waals surface area (Å²) < 4.78 is 39.3. The van der Waals surface area contributed by atoms with E-state index < -0.39 is 55.1 Å². The number of amides is 4. The third kappa shape index (κ3) is 8.01. The molecule has 3 aliphatic rings. The minimum atomic E-state index is -3.12. The number of carbonyl (C=O) groups excluding carboxylic acids is 4. The number of alkyl halides is 2. The number of hydrogen-bond acceptors (Lipinski definition) is 8. The number of aromatic nitrogens is 4. The zero-order valence-electron chi connectivity index (χ0n) is 33.5. The number of alkyl carbamates (subject to hydrolysis) is 2. The number of rotatable bonds is 10. The lowest BCUT2D eigenvalue weighted by Crippen LogP contribution is -2.51. The van der Waals surface area contributed by atoms with Crippen molar-refractivity contribution in [1.82, 2.24) is 40.4 Å². The third-order valence-electron chi connectivity index (χ3n) is 11.4. The number of nitrogens with zero attached hydrogens (tertiary/aromatic N) is 4. The number of halogens is 2. The van der Waals surface area contributed by atoms with E-state index in [1.165, 1.54) is 14.2 Å². The maximum absolute atomic E-state index is 14.9. The first-order valence-corrected chi connectivity index (χ1v) is 19.7. The molecular formula is C42H50F2N8O6. The second-order valence-electron chi connectivity index (χ2n) is 16.0. The zero-order valence-corrected chi connectivity index (χ0v) is 33.5. The predicted molar refractivity (Wildman–Crippen MR) is 210 cm³/mol. The number of aromatic amines is 2. The van der Waals surface area contributed by atoms with E-state index in [0.717, 1.165) is 56.9 Å². The third-order valence-corrected chi connectivity index (χ3v) is 11.4. The number of ether oxygens (including phenoxy) is 2. The van der Waals surface area contributed by atoms with Crippen molar-refractivity contribution < 1.29 is 37.4 Å². The van der Waals surface area contributed by atoms with Gasteiger partial charge in [0, 0.05) is 24.2 Å². The van der Waals surface area contributed by atoms with Crippen molar-refractivity contribution >= 4 is 24.0 Å². The van der Waals surface area contributed by atoms with Crippen molar-refractivity contribution in [3.05, 3.63) is 71.6 Å². The van der Waals surface area contributed by atoms with E-state index in [9.17, 15) is 28.0 Å². The summed E-state index contributed by atoms with van der Waals surface area (Å²) in [5.74, 6) is -3.40. The highest BCUT2D eigenvalue weighted by Crippen LogP contribution is 2.43. The number of imidazole rings is 2. The average molecular weight is 801 g/mol. The molecule has 0 unspecified atom stereocenters. The number of fused-ring (bicyclic) bond motifs is 3. The lowest BCUT2D eigenvalue weighted by atomic mass is 9.89. The Morgan fingerprint density at radius 3 is 2.07 bits per heavy atom. The number of benzene rings is 2. The van der Waals surface area contributed by atoms with Crippen LogP contribution in [0.4, 0.5) is 18.4 Å². The molecule has 0 saturated carbocycles. The van der Waals surface area contributed by atoms with Gasteiger partial charge in [0.2, 0.25) is 11.8 Å². The van der Waals surface area contributed by atoms with E-state index in [2.05, 4.69) is 36.4 Å². The second kappa shape index (κ2) is 16.2. The van der Waals surface area contributed by atoms with Crippen LogP contribution < -0.4 is 10.6 Å². The highest BCUT2D eigenvalue weighted by atomic mass is 19.3. The second-order valence-corrected chi connectivity index (χ2v) is 16.0. The molecular weight excluding hydrogens is 751 g/mol. The van der Waals surface area contributed by atoms with Crippen LogP contribution in [0.25, 0.3) is 33.6 Å². The van der Waals surface area contributed by atoms with Crippen LogP contribution in [0.1, 0.15) is 81.9 Å². The summed E-state index contributed by atoms with van der Waals surface area (Å²) >= 11 is 0. The number of likely N-dealkylation sites (tertiary alicyclic amines) is 2. The topological polar surface area (TPSA) is 175 Å². The minimum absolute atomic E-state index is 0.128. The van der Waals surface area contributed by atoms with Gasteiger partial charge in [0.1, 0.15) is 23.7 Å². The molecule has 7 rings (SSSR count). The quantitative estimate of drug-likeness (QED) is 0.139. The van der Waals surface area contributed by atoms with E-state index in [1.807, 2.05) is 50.2 Å². The molecule has 2 fully saturated rings. The van der Waals surface area contributed by atoms with Gasteiger partial charge in [-0.05, 0) is 59.8 Å². The normalized spacial score (nSPS) is 19.4. The van der Waals surface area contributed by atoms with Crippen LogP contribution >= 0.6 is 0 Å². The predicted octanol–water partition coefficient (Wildman–Crippen LogP) is 6.57. The van der Waals surface area contributed by atoms with Gasteiger partial charge in [-0.2, -0.15) is 0 Å². The minimum Gasteiger partial charge on any atom is -0.453 e. The van der Waals surface area contributed by atoms with Crippen LogP contribution in [0.2, 0.25) is 0 Å². The van der Waals surface area contributed by atoms with E-state index in [0.29, 0.717) is 36.7 Å². The van der Waals surface area contributed by atoms with E-state index in [4.69, 9.17) is 9.72 Å². The van der Waals surface area contributed by atoms with E-state index >= 15 is 0 Å². The number of carbonyl (C=O) groups is 4. The molecule has 58 heavy (non-hydrogen) atoms. The first-order valence-electron chi connectivity index (χ1n) is 19.7. The molecule has 0 bridgehead atoms. The molecule has 2 aromatic carbocycles. The van der Waals surface area contributed by atoms with E-state index in [-0.39, 0.29) is 23.8 Å². The maximum Gasteiger partial charge on any atom is 0.407 e. The summed E-state index contributed by atoms with van der Waals surface area (Å²) in [5.41, 5.74) is 7.28. The number of nitrogens with one attached hydrogen (secondary N) is 4. The lowest BCUT2D eigenvalue weighted by Gasteiger charge is -2.30. The molecule has 1 aliphatic carbocycles. The molecule has 2 aromatic heterocycles. The average Bonchev–Trinajstić information content (AvgIpc) is 4.03. The number of H-pyrrole nitrogens is 2. The van der Waals surface area contributed by atoms with Crippen molar-refractivity contribution in [2.45, 2.75) is 89.9 Å². The lowest BCUT2D eigenvalue weighted by molar-refractivity contribution is -0.137. The Hall–Kier alpha value is -5.80. The van der Waals surface area contributed by atoms with Crippen molar-refractivity contribution in [1.29, 1.82) is 0 Å². The molecule has 0 spiro atoms. The van der Waals surface area contributed by atoms with E-state index in [1.54, 1.807) is 24.9 Å².